The lowest BCUT2D eigenvalue weighted by Gasteiger charge is -2.33. The van der Waals surface area contributed by atoms with Gasteiger partial charge in [0.25, 0.3) is 11.7 Å². The van der Waals surface area contributed by atoms with Gasteiger partial charge in [0.05, 0.1) is 21.3 Å². The molecule has 46 heavy (non-hydrogen) atoms. The van der Waals surface area contributed by atoms with Gasteiger partial charge in [0.1, 0.15) is 6.04 Å². The first-order valence-corrected chi connectivity index (χ1v) is 15.2. The summed E-state index contributed by atoms with van der Waals surface area (Å²) < 4.78 is 16.1. The van der Waals surface area contributed by atoms with Gasteiger partial charge in [-0.05, 0) is 60.2 Å². The Balaban J connectivity index is 1.61. The average molecular weight is 624 g/mol. The van der Waals surface area contributed by atoms with Crippen LogP contribution in [0.25, 0.3) is 0 Å². The van der Waals surface area contributed by atoms with Crippen LogP contribution >= 0.6 is 0 Å². The van der Waals surface area contributed by atoms with Crippen molar-refractivity contribution in [2.75, 3.05) is 34.9 Å². The number of ether oxygens (including phenoxy) is 3. The van der Waals surface area contributed by atoms with Gasteiger partial charge in [-0.25, -0.2) is 0 Å². The molecule has 3 aromatic carbocycles. The third kappa shape index (κ3) is 8.72. The summed E-state index contributed by atoms with van der Waals surface area (Å²) in [6.07, 6.45) is 6.18. The molecular weight excluding hydrogens is 582 g/mol. The number of hydrogen-bond donors (Lipinski definition) is 0. The van der Waals surface area contributed by atoms with E-state index in [9.17, 15) is 14.4 Å². The first-order chi connectivity index (χ1) is 22.4. The van der Waals surface area contributed by atoms with Crippen molar-refractivity contribution in [1.29, 1.82) is 0 Å². The standard InChI is InChI=1S/C37H41N3O6/c1-39(37(43)34(41)30-24-32(44-2)35(46-4)33(25-30)45-3)31(23-28-16-9-6-10-17-28)36(42)40(26-29-18-20-38-21-19-29)22-12-11-15-27-13-7-5-8-14-27/h5-10,13-14,16-21,24-25,31H,11-12,15,22-23,26H2,1-4H3/t31-/m0/s1. The zero-order valence-electron chi connectivity index (χ0n) is 26.8. The normalized spacial score (nSPS) is 11.3. The molecule has 4 rings (SSSR count). The number of aryl methyl sites for hydroxylation is 1. The molecule has 4 aromatic rings. The van der Waals surface area contributed by atoms with Crippen LogP contribution in [0.3, 0.4) is 0 Å². The van der Waals surface area contributed by atoms with Gasteiger partial charge in [0, 0.05) is 44.5 Å². The second kappa shape index (κ2) is 16.8. The number of pyridine rings is 1. The van der Waals surface area contributed by atoms with Crippen molar-refractivity contribution < 1.29 is 28.6 Å². The average Bonchev–Trinajstić information content (AvgIpc) is 3.11. The summed E-state index contributed by atoms with van der Waals surface area (Å²) in [5.41, 5.74) is 3.10. The summed E-state index contributed by atoms with van der Waals surface area (Å²) in [6, 6.07) is 25.4. The quantitative estimate of drug-likeness (QED) is 0.0935. The Morgan fingerprint density at radius 1 is 0.739 bits per heavy atom. The Hall–Kier alpha value is -5.18. The SMILES string of the molecule is COc1cc(C(=O)C(=O)N(C)[C@@H](Cc2ccccc2)C(=O)N(CCCCc2ccccc2)Cc2ccncc2)cc(OC)c1OC. The van der Waals surface area contributed by atoms with Crippen LogP contribution in [0.1, 0.15) is 39.9 Å². The monoisotopic (exact) mass is 623 g/mol. The number of amides is 2. The Kier molecular flexibility index (Phi) is 12.3. The van der Waals surface area contributed by atoms with Gasteiger partial charge in [-0.2, -0.15) is 0 Å². The summed E-state index contributed by atoms with van der Waals surface area (Å²) >= 11 is 0. The van der Waals surface area contributed by atoms with Crippen LogP contribution in [0.15, 0.2) is 97.3 Å². The number of carbonyl (C=O) groups is 3. The van der Waals surface area contributed by atoms with E-state index in [1.54, 1.807) is 17.3 Å². The number of methoxy groups -OCH3 is 3. The number of Topliss-reactive ketones (excluding diaryl/α,β-unsaturated/α-hetero) is 1. The molecule has 0 aliphatic heterocycles. The summed E-state index contributed by atoms with van der Waals surface area (Å²) in [4.78, 5) is 49.1. The minimum atomic E-state index is -0.933. The van der Waals surface area contributed by atoms with Crippen molar-refractivity contribution >= 4 is 17.6 Å². The van der Waals surface area contributed by atoms with Crippen LogP contribution < -0.4 is 14.2 Å². The molecule has 240 valence electrons. The number of benzene rings is 3. The molecule has 0 saturated heterocycles. The summed E-state index contributed by atoms with van der Waals surface area (Å²) in [6.45, 7) is 0.836. The highest BCUT2D eigenvalue weighted by molar-refractivity contribution is 6.43. The smallest absolute Gasteiger partial charge is 0.295 e. The molecule has 0 saturated carbocycles. The van der Waals surface area contributed by atoms with Gasteiger partial charge >= 0.3 is 0 Å². The molecule has 0 unspecified atom stereocenters. The van der Waals surface area contributed by atoms with Gasteiger partial charge in [0.15, 0.2) is 11.5 Å². The molecule has 0 bridgehead atoms. The van der Waals surface area contributed by atoms with E-state index in [0.717, 1.165) is 30.4 Å². The van der Waals surface area contributed by atoms with Gasteiger partial charge < -0.3 is 24.0 Å². The molecule has 0 fully saturated rings. The maximum Gasteiger partial charge on any atom is 0.295 e. The molecule has 1 aromatic heterocycles. The molecule has 0 aliphatic carbocycles. The number of carbonyl (C=O) groups excluding carboxylic acids is 3. The van der Waals surface area contributed by atoms with Crippen LogP contribution in [0.5, 0.6) is 17.2 Å². The molecule has 2 amide bonds. The van der Waals surface area contributed by atoms with E-state index >= 15 is 0 Å². The number of aromatic nitrogens is 1. The Bertz CT molecular complexity index is 1560. The van der Waals surface area contributed by atoms with E-state index in [2.05, 4.69) is 17.1 Å². The number of likely N-dealkylation sites (N-methyl/N-ethyl adjacent to an activating group) is 1. The zero-order chi connectivity index (χ0) is 32.9. The number of hydrogen-bond acceptors (Lipinski definition) is 7. The molecule has 9 heteroatoms. The number of unbranched alkanes of at least 4 members (excludes halogenated alkanes) is 1. The molecule has 0 spiro atoms. The van der Waals surface area contributed by atoms with Crippen LogP contribution in [-0.4, -0.2) is 73.3 Å². The third-order valence-electron chi connectivity index (χ3n) is 7.89. The lowest BCUT2D eigenvalue weighted by Crippen LogP contribution is -2.52. The van der Waals surface area contributed by atoms with Crippen LogP contribution in [0.2, 0.25) is 0 Å². The zero-order valence-corrected chi connectivity index (χ0v) is 26.8. The fourth-order valence-electron chi connectivity index (χ4n) is 5.33. The third-order valence-corrected chi connectivity index (χ3v) is 7.89. The number of ketones is 1. The van der Waals surface area contributed by atoms with Crippen molar-refractivity contribution in [1.82, 2.24) is 14.8 Å². The maximum absolute atomic E-state index is 14.5. The van der Waals surface area contributed by atoms with Crippen LogP contribution in [0.4, 0.5) is 0 Å². The Morgan fingerprint density at radius 2 is 1.33 bits per heavy atom. The fourth-order valence-corrected chi connectivity index (χ4v) is 5.33. The Morgan fingerprint density at radius 3 is 1.89 bits per heavy atom. The van der Waals surface area contributed by atoms with Crippen molar-refractivity contribution in [2.24, 2.45) is 0 Å². The largest absolute Gasteiger partial charge is 0.493 e. The molecule has 0 radical (unpaired) electrons. The lowest BCUT2D eigenvalue weighted by molar-refractivity contribution is -0.143. The van der Waals surface area contributed by atoms with Crippen molar-refractivity contribution in [2.45, 2.75) is 38.3 Å². The number of nitrogens with zero attached hydrogens (tertiary/aromatic N) is 3. The van der Waals surface area contributed by atoms with Gasteiger partial charge in [-0.15, -0.1) is 0 Å². The molecular formula is C37H41N3O6. The number of rotatable bonds is 16. The second-order valence-corrected chi connectivity index (χ2v) is 10.9. The van der Waals surface area contributed by atoms with E-state index < -0.39 is 17.7 Å². The van der Waals surface area contributed by atoms with E-state index in [4.69, 9.17) is 14.2 Å². The summed E-state index contributed by atoms with van der Waals surface area (Å²) in [5.74, 6) is -1.06. The molecule has 0 N–H and O–H groups in total. The van der Waals surface area contributed by atoms with Gasteiger partial charge in [-0.3, -0.25) is 19.4 Å². The predicted molar refractivity (Wildman–Crippen MR) is 176 cm³/mol. The molecule has 1 heterocycles. The van der Waals surface area contributed by atoms with E-state index in [1.165, 1.54) is 51.0 Å². The van der Waals surface area contributed by atoms with E-state index in [-0.39, 0.29) is 29.4 Å². The highest BCUT2D eigenvalue weighted by Crippen LogP contribution is 2.38. The summed E-state index contributed by atoms with van der Waals surface area (Å²) in [5, 5.41) is 0. The predicted octanol–water partition coefficient (Wildman–Crippen LogP) is 5.41. The lowest BCUT2D eigenvalue weighted by atomic mass is 10.0. The van der Waals surface area contributed by atoms with Gasteiger partial charge in [0.2, 0.25) is 11.7 Å². The minimum Gasteiger partial charge on any atom is -0.493 e. The first-order valence-electron chi connectivity index (χ1n) is 15.2. The highest BCUT2D eigenvalue weighted by Gasteiger charge is 2.34. The van der Waals surface area contributed by atoms with Crippen molar-refractivity contribution in [3.05, 3.63) is 120 Å². The second-order valence-electron chi connectivity index (χ2n) is 10.9. The van der Waals surface area contributed by atoms with Crippen molar-refractivity contribution in [3.63, 3.8) is 0 Å². The van der Waals surface area contributed by atoms with Crippen LogP contribution in [-0.2, 0) is 29.0 Å². The fraction of sp³-hybridized carbons (Fsp3) is 0.297. The van der Waals surface area contributed by atoms with E-state index in [1.807, 2.05) is 60.7 Å². The van der Waals surface area contributed by atoms with E-state index in [0.29, 0.717) is 18.8 Å². The minimum absolute atomic E-state index is 0.0619. The Labute approximate surface area is 270 Å². The maximum atomic E-state index is 14.5. The first kappa shape index (κ1) is 33.7. The molecule has 9 nitrogen and oxygen atoms in total. The summed E-state index contributed by atoms with van der Waals surface area (Å²) in [7, 11) is 5.83. The topological polar surface area (TPSA) is 98.3 Å². The van der Waals surface area contributed by atoms with Crippen LogP contribution in [0, 0.1) is 0 Å². The van der Waals surface area contributed by atoms with Gasteiger partial charge in [-0.1, -0.05) is 60.7 Å². The highest BCUT2D eigenvalue weighted by atomic mass is 16.5. The molecule has 1 atom stereocenters. The van der Waals surface area contributed by atoms with Crippen molar-refractivity contribution in [3.8, 4) is 17.2 Å². The molecule has 0 aliphatic rings.